The van der Waals surface area contributed by atoms with Crippen molar-refractivity contribution in [2.45, 2.75) is 5.88 Å². The fourth-order valence-corrected chi connectivity index (χ4v) is 1.32. The predicted octanol–water partition coefficient (Wildman–Crippen LogP) is 2.22. The molecule has 1 aromatic carbocycles. The van der Waals surface area contributed by atoms with Crippen LogP contribution in [-0.4, -0.2) is 13.1 Å². The first-order chi connectivity index (χ1) is 7.13. The number of alkyl halides is 1. The Hall–Kier alpha value is -1.60. The first-order valence-electron chi connectivity index (χ1n) is 4.00. The number of methoxy groups -OCH3 is 1. The molecular weight excluding hydrogens is 221 g/mol. The Morgan fingerprint density at radius 1 is 1.67 bits per heavy atom. The second-order valence-corrected chi connectivity index (χ2v) is 2.99. The Morgan fingerprint density at radius 2 is 2.33 bits per heavy atom. The Bertz CT molecular complexity index is 440. The van der Waals surface area contributed by atoms with Crippen molar-refractivity contribution in [3.63, 3.8) is 0 Å². The number of carbonyl (C=O) groups is 1. The van der Waals surface area contributed by atoms with Crippen LogP contribution in [0.25, 0.3) is 0 Å². The van der Waals surface area contributed by atoms with E-state index in [1.807, 2.05) is 6.07 Å². The number of carbonyl (C=O) groups excluding carboxylic acids is 1. The van der Waals surface area contributed by atoms with Gasteiger partial charge >= 0.3 is 5.97 Å². The number of hydrogen-bond acceptors (Lipinski definition) is 3. The average molecular weight is 228 g/mol. The van der Waals surface area contributed by atoms with E-state index >= 15 is 0 Å². The molecule has 1 rings (SSSR count). The van der Waals surface area contributed by atoms with Crippen LogP contribution < -0.4 is 0 Å². The summed E-state index contributed by atoms with van der Waals surface area (Å²) in [6.45, 7) is 0. The summed E-state index contributed by atoms with van der Waals surface area (Å²) in [5, 5.41) is 8.74. The van der Waals surface area contributed by atoms with Crippen molar-refractivity contribution < 1.29 is 13.9 Å². The van der Waals surface area contributed by atoms with Crippen LogP contribution in [0, 0.1) is 17.1 Å². The Kier molecular flexibility index (Phi) is 3.64. The van der Waals surface area contributed by atoms with Gasteiger partial charge in [-0.2, -0.15) is 5.26 Å². The van der Waals surface area contributed by atoms with Crippen LogP contribution >= 0.6 is 11.6 Å². The normalized spacial score (nSPS) is 9.47. The minimum Gasteiger partial charge on any atom is -0.465 e. The molecule has 5 heteroatoms. The standard InChI is InChI=1S/C10H7ClFNO2/c1-15-10(14)8-2-7(5-13)6(4-11)3-9(8)12/h2-3H,4H2,1H3. The molecule has 15 heavy (non-hydrogen) atoms. The van der Waals surface area contributed by atoms with Gasteiger partial charge in [-0.25, -0.2) is 9.18 Å². The van der Waals surface area contributed by atoms with Crippen molar-refractivity contribution in [2.24, 2.45) is 0 Å². The maximum atomic E-state index is 13.3. The molecule has 0 aliphatic heterocycles. The number of halogens is 2. The zero-order chi connectivity index (χ0) is 11.4. The Labute approximate surface area is 91.0 Å². The molecule has 0 unspecified atom stereocenters. The van der Waals surface area contributed by atoms with Crippen LogP contribution in [0.5, 0.6) is 0 Å². The molecule has 0 spiro atoms. The van der Waals surface area contributed by atoms with Gasteiger partial charge in [-0.05, 0) is 17.7 Å². The van der Waals surface area contributed by atoms with Crippen LogP contribution in [0.3, 0.4) is 0 Å². The van der Waals surface area contributed by atoms with E-state index in [0.29, 0.717) is 5.56 Å². The van der Waals surface area contributed by atoms with Crippen LogP contribution in [0.15, 0.2) is 12.1 Å². The number of esters is 1. The molecule has 0 saturated carbocycles. The maximum Gasteiger partial charge on any atom is 0.340 e. The van der Waals surface area contributed by atoms with Crippen molar-refractivity contribution in [3.05, 3.63) is 34.6 Å². The minimum absolute atomic E-state index is 0.0151. The number of ether oxygens (including phenoxy) is 1. The summed E-state index contributed by atoms with van der Waals surface area (Å²) in [6, 6.07) is 4.04. The van der Waals surface area contributed by atoms with Gasteiger partial charge in [0.25, 0.3) is 0 Å². The molecule has 0 heterocycles. The molecule has 0 N–H and O–H groups in total. The molecule has 0 atom stereocenters. The van der Waals surface area contributed by atoms with Gasteiger partial charge in [0.1, 0.15) is 5.82 Å². The number of rotatable bonds is 2. The first kappa shape index (κ1) is 11.5. The SMILES string of the molecule is COC(=O)c1cc(C#N)c(CCl)cc1F. The largest absolute Gasteiger partial charge is 0.465 e. The molecule has 0 radical (unpaired) electrons. The highest BCUT2D eigenvalue weighted by Gasteiger charge is 2.15. The number of nitrogens with zero attached hydrogens (tertiary/aromatic N) is 1. The van der Waals surface area contributed by atoms with Gasteiger partial charge in [-0.15, -0.1) is 11.6 Å². The molecule has 1 aromatic rings. The quantitative estimate of drug-likeness (QED) is 0.575. The second kappa shape index (κ2) is 4.76. The van der Waals surface area contributed by atoms with Crippen LogP contribution in [0.2, 0.25) is 0 Å². The van der Waals surface area contributed by atoms with E-state index in [0.717, 1.165) is 19.2 Å². The fourth-order valence-electron chi connectivity index (χ4n) is 1.10. The van der Waals surface area contributed by atoms with Gasteiger partial charge in [0, 0.05) is 5.88 Å². The molecule has 0 saturated heterocycles. The first-order valence-corrected chi connectivity index (χ1v) is 4.54. The fraction of sp³-hybridized carbons (Fsp3) is 0.200. The summed E-state index contributed by atoms with van der Waals surface area (Å²) in [5.74, 6) is -1.54. The van der Waals surface area contributed by atoms with E-state index in [2.05, 4.69) is 4.74 Å². The zero-order valence-corrected chi connectivity index (χ0v) is 8.64. The lowest BCUT2D eigenvalue weighted by atomic mass is 10.1. The molecule has 0 fully saturated rings. The van der Waals surface area contributed by atoms with Crippen LogP contribution in [0.1, 0.15) is 21.5 Å². The lowest BCUT2D eigenvalue weighted by molar-refractivity contribution is 0.0595. The van der Waals surface area contributed by atoms with E-state index in [1.165, 1.54) is 0 Å². The number of benzene rings is 1. The summed E-state index contributed by atoms with van der Waals surface area (Å²) in [6.07, 6.45) is 0. The van der Waals surface area contributed by atoms with Crippen LogP contribution in [0.4, 0.5) is 4.39 Å². The third-order valence-electron chi connectivity index (χ3n) is 1.86. The second-order valence-electron chi connectivity index (χ2n) is 2.73. The number of hydrogen-bond donors (Lipinski definition) is 0. The lowest BCUT2D eigenvalue weighted by Crippen LogP contribution is -2.06. The summed E-state index contributed by atoms with van der Waals surface area (Å²) < 4.78 is 17.7. The molecule has 0 aromatic heterocycles. The van der Waals surface area contributed by atoms with E-state index in [-0.39, 0.29) is 17.0 Å². The Morgan fingerprint density at radius 3 is 2.80 bits per heavy atom. The Balaban J connectivity index is 3.33. The summed E-state index contributed by atoms with van der Waals surface area (Å²) in [5.41, 5.74) is 0.263. The lowest BCUT2D eigenvalue weighted by Gasteiger charge is -2.04. The number of nitriles is 1. The minimum atomic E-state index is -0.815. The third-order valence-corrected chi connectivity index (χ3v) is 2.15. The van der Waals surface area contributed by atoms with Gasteiger partial charge in [0.2, 0.25) is 0 Å². The summed E-state index contributed by atoms with van der Waals surface area (Å²) in [4.78, 5) is 11.1. The van der Waals surface area contributed by atoms with Gasteiger partial charge in [0.15, 0.2) is 0 Å². The molecule has 0 bridgehead atoms. The van der Waals surface area contributed by atoms with E-state index in [9.17, 15) is 9.18 Å². The van der Waals surface area contributed by atoms with Crippen molar-refractivity contribution in [2.75, 3.05) is 7.11 Å². The highest BCUT2D eigenvalue weighted by Crippen LogP contribution is 2.18. The van der Waals surface area contributed by atoms with E-state index in [4.69, 9.17) is 16.9 Å². The van der Waals surface area contributed by atoms with Crippen molar-refractivity contribution in [1.29, 1.82) is 5.26 Å². The van der Waals surface area contributed by atoms with Crippen molar-refractivity contribution in [3.8, 4) is 6.07 Å². The monoisotopic (exact) mass is 227 g/mol. The smallest absolute Gasteiger partial charge is 0.340 e. The van der Waals surface area contributed by atoms with Gasteiger partial charge < -0.3 is 4.74 Å². The van der Waals surface area contributed by atoms with Gasteiger partial charge in [-0.1, -0.05) is 0 Å². The van der Waals surface area contributed by atoms with Gasteiger partial charge in [0.05, 0.1) is 24.3 Å². The highest BCUT2D eigenvalue weighted by molar-refractivity contribution is 6.17. The van der Waals surface area contributed by atoms with Gasteiger partial charge in [-0.3, -0.25) is 0 Å². The molecule has 3 nitrogen and oxygen atoms in total. The van der Waals surface area contributed by atoms with E-state index in [1.54, 1.807) is 0 Å². The average Bonchev–Trinajstić information content (AvgIpc) is 2.27. The molecule has 0 aliphatic carbocycles. The highest BCUT2D eigenvalue weighted by atomic mass is 35.5. The molecule has 0 amide bonds. The molecular formula is C10H7ClFNO2. The van der Waals surface area contributed by atoms with Crippen molar-refractivity contribution in [1.82, 2.24) is 0 Å². The summed E-state index contributed by atoms with van der Waals surface area (Å²) >= 11 is 5.51. The van der Waals surface area contributed by atoms with Crippen molar-refractivity contribution >= 4 is 17.6 Å². The third kappa shape index (κ3) is 2.25. The van der Waals surface area contributed by atoms with E-state index < -0.39 is 11.8 Å². The van der Waals surface area contributed by atoms with Crippen LogP contribution in [-0.2, 0) is 10.6 Å². The zero-order valence-electron chi connectivity index (χ0n) is 7.88. The predicted molar refractivity (Wildman–Crippen MR) is 52.0 cm³/mol. The molecule has 78 valence electrons. The summed E-state index contributed by atoms with van der Waals surface area (Å²) in [7, 11) is 1.14. The molecule has 0 aliphatic rings. The topological polar surface area (TPSA) is 50.1 Å². The maximum absolute atomic E-state index is 13.3.